The van der Waals surface area contributed by atoms with Crippen molar-refractivity contribution in [3.63, 3.8) is 0 Å². The molecule has 0 aromatic heterocycles. The number of hydrogen-bond donors (Lipinski definition) is 0. The summed E-state index contributed by atoms with van der Waals surface area (Å²) in [6.45, 7) is 0. The van der Waals surface area contributed by atoms with Crippen LogP contribution in [0.3, 0.4) is 0 Å². The third kappa shape index (κ3) is 3.38. The van der Waals surface area contributed by atoms with Crippen LogP contribution in [0.1, 0.15) is 10.4 Å². The zero-order valence-electron chi connectivity index (χ0n) is 13.7. The van der Waals surface area contributed by atoms with Gasteiger partial charge in [-0.3, -0.25) is 4.79 Å². The summed E-state index contributed by atoms with van der Waals surface area (Å²) in [6, 6.07) is 17.8. The summed E-state index contributed by atoms with van der Waals surface area (Å²) < 4.78 is 23.7. The zero-order valence-corrected chi connectivity index (χ0v) is 15.3. The molecule has 0 atom stereocenters. The maximum absolute atomic E-state index is 12.9. The van der Waals surface area contributed by atoms with Gasteiger partial charge in [-0.2, -0.15) is 0 Å². The molecule has 0 saturated heterocycles. The second-order valence-corrected chi connectivity index (χ2v) is 8.17. The van der Waals surface area contributed by atoms with Crippen molar-refractivity contribution in [2.24, 2.45) is 0 Å². The number of rotatable bonds is 3. The number of carbonyl (C=O) groups excluding carboxylic acids is 1. The molecule has 6 heteroatoms. The second-order valence-electron chi connectivity index (χ2n) is 5.78. The predicted octanol–water partition coefficient (Wildman–Crippen LogP) is 4.17. The molecule has 0 bridgehead atoms. The van der Waals surface area contributed by atoms with E-state index in [1.807, 2.05) is 42.5 Å². The molecule has 0 saturated carbocycles. The highest BCUT2D eigenvalue weighted by Crippen LogP contribution is 2.28. The van der Waals surface area contributed by atoms with E-state index in [0.717, 1.165) is 22.7 Å². The first-order chi connectivity index (χ1) is 11.8. The third-order valence-electron chi connectivity index (χ3n) is 4.01. The standard InChI is InChI=1S/C19H16ClNO3S/c1-21(17-9-5-7-13-6-3-4-8-15(13)17)19(22)14-10-11-16(20)18(12-14)25(2,23)24/h3-12H,1-2H3. The van der Waals surface area contributed by atoms with E-state index in [4.69, 9.17) is 11.6 Å². The maximum Gasteiger partial charge on any atom is 0.258 e. The summed E-state index contributed by atoms with van der Waals surface area (Å²) >= 11 is 5.96. The maximum atomic E-state index is 12.9. The molecule has 25 heavy (non-hydrogen) atoms. The smallest absolute Gasteiger partial charge is 0.258 e. The van der Waals surface area contributed by atoms with Crippen molar-refractivity contribution in [3.05, 3.63) is 71.2 Å². The molecule has 3 aromatic carbocycles. The van der Waals surface area contributed by atoms with E-state index in [9.17, 15) is 13.2 Å². The van der Waals surface area contributed by atoms with Gasteiger partial charge in [-0.25, -0.2) is 8.42 Å². The van der Waals surface area contributed by atoms with Gasteiger partial charge in [0.1, 0.15) is 0 Å². The van der Waals surface area contributed by atoms with Crippen LogP contribution in [0.5, 0.6) is 0 Å². The molecule has 0 aliphatic rings. The molecule has 1 amide bonds. The molecule has 0 unspecified atom stereocenters. The van der Waals surface area contributed by atoms with Gasteiger partial charge in [0.15, 0.2) is 9.84 Å². The fourth-order valence-corrected chi connectivity index (χ4v) is 4.03. The highest BCUT2D eigenvalue weighted by Gasteiger charge is 2.19. The highest BCUT2D eigenvalue weighted by atomic mass is 35.5. The van der Waals surface area contributed by atoms with Crippen LogP contribution in [0.15, 0.2) is 65.6 Å². The average molecular weight is 374 g/mol. The van der Waals surface area contributed by atoms with Gasteiger partial charge < -0.3 is 4.90 Å². The van der Waals surface area contributed by atoms with Crippen LogP contribution in [-0.4, -0.2) is 27.6 Å². The predicted molar refractivity (Wildman–Crippen MR) is 101 cm³/mol. The largest absolute Gasteiger partial charge is 0.311 e. The molecular weight excluding hydrogens is 358 g/mol. The Balaban J connectivity index is 2.06. The minimum atomic E-state index is -3.52. The number of fused-ring (bicyclic) bond motifs is 1. The Labute approximate surface area is 151 Å². The first-order valence-corrected chi connectivity index (χ1v) is 9.81. The molecule has 128 valence electrons. The number of sulfone groups is 1. The van der Waals surface area contributed by atoms with Gasteiger partial charge in [0.2, 0.25) is 0 Å². The number of halogens is 1. The summed E-state index contributed by atoms with van der Waals surface area (Å²) in [5, 5.41) is 2.07. The molecule has 3 aromatic rings. The lowest BCUT2D eigenvalue weighted by Crippen LogP contribution is -2.26. The van der Waals surface area contributed by atoms with Crippen LogP contribution in [0.4, 0.5) is 5.69 Å². The summed E-state index contributed by atoms with van der Waals surface area (Å²) in [4.78, 5) is 14.3. The van der Waals surface area contributed by atoms with Gasteiger partial charge in [0.25, 0.3) is 5.91 Å². The Morgan fingerprint density at radius 1 is 1.00 bits per heavy atom. The lowest BCUT2D eigenvalue weighted by Gasteiger charge is -2.20. The topological polar surface area (TPSA) is 54.5 Å². The van der Waals surface area contributed by atoms with Gasteiger partial charge >= 0.3 is 0 Å². The average Bonchev–Trinajstić information content (AvgIpc) is 2.59. The number of benzene rings is 3. The van der Waals surface area contributed by atoms with Crippen molar-refractivity contribution in [1.29, 1.82) is 0 Å². The molecule has 4 nitrogen and oxygen atoms in total. The van der Waals surface area contributed by atoms with Crippen molar-refractivity contribution in [2.75, 3.05) is 18.2 Å². The Bertz CT molecular complexity index is 1070. The minimum absolute atomic E-state index is 0.0497. The van der Waals surface area contributed by atoms with E-state index < -0.39 is 9.84 Å². The van der Waals surface area contributed by atoms with E-state index in [2.05, 4.69) is 0 Å². The molecule has 0 radical (unpaired) electrons. The Kier molecular flexibility index (Phi) is 4.54. The van der Waals surface area contributed by atoms with Gasteiger partial charge in [0, 0.05) is 24.3 Å². The van der Waals surface area contributed by atoms with E-state index >= 15 is 0 Å². The third-order valence-corrected chi connectivity index (χ3v) is 5.59. The molecule has 0 fully saturated rings. The van der Waals surface area contributed by atoms with Crippen LogP contribution in [0.2, 0.25) is 5.02 Å². The van der Waals surface area contributed by atoms with Crippen LogP contribution < -0.4 is 4.90 Å². The Morgan fingerprint density at radius 3 is 2.40 bits per heavy atom. The summed E-state index contributed by atoms with van der Waals surface area (Å²) in [6.07, 6.45) is 1.07. The SMILES string of the molecule is CN(C(=O)c1ccc(Cl)c(S(C)(=O)=O)c1)c1cccc2ccccc12. The van der Waals surface area contributed by atoms with Gasteiger partial charge in [-0.15, -0.1) is 0 Å². The highest BCUT2D eigenvalue weighted by molar-refractivity contribution is 7.90. The first kappa shape index (κ1) is 17.5. The first-order valence-electron chi connectivity index (χ1n) is 7.54. The van der Waals surface area contributed by atoms with E-state index in [0.29, 0.717) is 0 Å². The fourth-order valence-electron chi connectivity index (χ4n) is 2.72. The van der Waals surface area contributed by atoms with Crippen molar-refractivity contribution >= 4 is 43.8 Å². The fraction of sp³-hybridized carbons (Fsp3) is 0.105. The van der Waals surface area contributed by atoms with E-state index in [1.54, 1.807) is 7.05 Å². The second kappa shape index (κ2) is 6.50. The summed E-state index contributed by atoms with van der Waals surface area (Å²) in [5.41, 5.74) is 1.01. The van der Waals surface area contributed by atoms with Crippen molar-refractivity contribution in [3.8, 4) is 0 Å². The summed E-state index contributed by atoms with van der Waals surface area (Å²) in [7, 11) is -1.85. The number of hydrogen-bond acceptors (Lipinski definition) is 3. The summed E-state index contributed by atoms with van der Waals surface area (Å²) in [5.74, 6) is -0.307. The van der Waals surface area contributed by atoms with Crippen molar-refractivity contribution in [1.82, 2.24) is 0 Å². The molecule has 0 aliphatic carbocycles. The molecule has 0 N–H and O–H groups in total. The molecule has 0 heterocycles. The number of amides is 1. The van der Waals surface area contributed by atoms with Crippen LogP contribution in [0.25, 0.3) is 10.8 Å². The number of carbonyl (C=O) groups is 1. The monoisotopic (exact) mass is 373 g/mol. The van der Waals surface area contributed by atoms with Crippen LogP contribution in [0, 0.1) is 0 Å². The molecule has 0 aliphatic heterocycles. The normalized spacial score (nSPS) is 11.5. The van der Waals surface area contributed by atoms with Crippen LogP contribution >= 0.6 is 11.6 Å². The number of anilines is 1. The van der Waals surface area contributed by atoms with Gasteiger partial charge in [0.05, 0.1) is 15.6 Å². The molecule has 3 rings (SSSR count). The van der Waals surface area contributed by atoms with E-state index in [1.165, 1.54) is 23.1 Å². The minimum Gasteiger partial charge on any atom is -0.311 e. The molecule has 0 spiro atoms. The van der Waals surface area contributed by atoms with Crippen molar-refractivity contribution < 1.29 is 13.2 Å². The lowest BCUT2D eigenvalue weighted by atomic mass is 10.1. The zero-order chi connectivity index (χ0) is 18.2. The quantitative estimate of drug-likeness (QED) is 0.692. The van der Waals surface area contributed by atoms with E-state index in [-0.39, 0.29) is 21.4 Å². The van der Waals surface area contributed by atoms with Gasteiger partial charge in [-0.1, -0.05) is 48.0 Å². The number of nitrogens with zero attached hydrogens (tertiary/aromatic N) is 1. The Morgan fingerprint density at radius 2 is 1.68 bits per heavy atom. The van der Waals surface area contributed by atoms with Crippen LogP contribution in [-0.2, 0) is 9.84 Å². The Hall–Kier alpha value is -2.37. The molecular formula is C19H16ClNO3S. The van der Waals surface area contributed by atoms with Crippen molar-refractivity contribution in [2.45, 2.75) is 4.90 Å². The lowest BCUT2D eigenvalue weighted by molar-refractivity contribution is 0.0993. The van der Waals surface area contributed by atoms with Gasteiger partial charge in [-0.05, 0) is 29.7 Å².